The summed E-state index contributed by atoms with van der Waals surface area (Å²) in [5, 5.41) is 0. The lowest BCUT2D eigenvalue weighted by Gasteiger charge is -2.36. The maximum atomic E-state index is 4.28. The zero-order valence-electron chi connectivity index (χ0n) is 13.2. The molecule has 3 heteroatoms. The third kappa shape index (κ3) is 4.14. The van der Waals surface area contributed by atoms with Crippen molar-refractivity contribution in [3.05, 3.63) is 35.6 Å². The van der Waals surface area contributed by atoms with Crippen LogP contribution in [-0.2, 0) is 0 Å². The molecule has 2 rings (SSSR count). The van der Waals surface area contributed by atoms with Gasteiger partial charge in [0.2, 0.25) is 0 Å². The summed E-state index contributed by atoms with van der Waals surface area (Å²) < 4.78 is 0. The Morgan fingerprint density at radius 2 is 1.85 bits per heavy atom. The van der Waals surface area contributed by atoms with Crippen molar-refractivity contribution in [1.82, 2.24) is 4.90 Å². The zero-order valence-corrected chi connectivity index (χ0v) is 13.2. The molecule has 1 atom stereocenters. The minimum atomic E-state index is 0. The number of allylic oxidation sites excluding steroid dienone is 3. The van der Waals surface area contributed by atoms with Crippen molar-refractivity contribution < 1.29 is 4.70 Å². The molecule has 0 aromatic carbocycles. The third-order valence-electron chi connectivity index (χ3n) is 3.87. The van der Waals surface area contributed by atoms with Gasteiger partial charge in [-0.2, -0.15) is 0 Å². The van der Waals surface area contributed by atoms with Crippen molar-refractivity contribution in [1.29, 1.82) is 0 Å². The van der Waals surface area contributed by atoms with Crippen LogP contribution in [0, 0.1) is 0 Å². The smallest absolute Gasteiger partial charge is 0.0645 e. The van der Waals surface area contributed by atoms with Crippen LogP contribution in [0.1, 0.15) is 46.5 Å². The Balaban J connectivity index is 0.00000115. The number of likely N-dealkylation sites (tertiary alicyclic amines) is 1. The highest BCUT2D eigenvalue weighted by molar-refractivity contribution is 5.48. The summed E-state index contributed by atoms with van der Waals surface area (Å²) in [5.74, 6) is 0. The maximum Gasteiger partial charge on any atom is 0.0645 e. The van der Waals surface area contributed by atoms with Gasteiger partial charge >= 0.3 is 0 Å². The first-order valence-electron chi connectivity index (χ1n) is 7.52. The van der Waals surface area contributed by atoms with E-state index in [-0.39, 0.29) is 4.70 Å². The summed E-state index contributed by atoms with van der Waals surface area (Å²) in [6.45, 7) is 16.2. The van der Waals surface area contributed by atoms with Gasteiger partial charge in [-0.15, -0.1) is 0 Å². The van der Waals surface area contributed by atoms with Crippen molar-refractivity contribution in [3.8, 4) is 0 Å². The first kappa shape index (κ1) is 18.8. The monoisotopic (exact) mass is 280 g/mol. The minimum absolute atomic E-state index is 0. The molecule has 2 aliphatic rings. The van der Waals surface area contributed by atoms with Gasteiger partial charge < -0.3 is 0 Å². The molecule has 1 heterocycles. The number of rotatable bonds is 3. The van der Waals surface area contributed by atoms with Gasteiger partial charge in [-0.3, -0.25) is 14.6 Å². The summed E-state index contributed by atoms with van der Waals surface area (Å²) in [6, 6.07) is 0.421. The second-order valence-corrected chi connectivity index (χ2v) is 4.90. The van der Waals surface area contributed by atoms with Gasteiger partial charge in [-0.1, -0.05) is 39.0 Å². The van der Waals surface area contributed by atoms with Gasteiger partial charge in [-0.25, -0.2) is 0 Å². The van der Waals surface area contributed by atoms with Gasteiger partial charge in [0.1, 0.15) is 0 Å². The van der Waals surface area contributed by atoms with Gasteiger partial charge in [0.05, 0.1) is 11.7 Å². The van der Waals surface area contributed by atoms with Crippen LogP contribution in [0.4, 0.5) is 4.70 Å². The molecule has 20 heavy (non-hydrogen) atoms. The van der Waals surface area contributed by atoms with Crippen molar-refractivity contribution in [2.24, 2.45) is 4.99 Å². The van der Waals surface area contributed by atoms with Crippen molar-refractivity contribution in [2.45, 2.75) is 52.5 Å². The normalized spacial score (nSPS) is 22.9. The van der Waals surface area contributed by atoms with E-state index in [1.165, 1.54) is 43.5 Å². The Kier molecular flexibility index (Phi) is 9.06. The Hall–Kier alpha value is -1.22. The summed E-state index contributed by atoms with van der Waals surface area (Å²) in [5.41, 5.74) is 3.60. The molecular formula is C17H29FN2. The molecule has 0 amide bonds. The first-order valence-corrected chi connectivity index (χ1v) is 7.52. The van der Waals surface area contributed by atoms with Crippen LogP contribution >= 0.6 is 0 Å². The number of halogens is 1. The Labute approximate surface area is 123 Å². The molecule has 0 aromatic rings. The highest BCUT2D eigenvalue weighted by atomic mass is 19.0. The van der Waals surface area contributed by atoms with Crippen LogP contribution in [0.15, 0.2) is 40.6 Å². The molecule has 0 saturated carbocycles. The second-order valence-electron chi connectivity index (χ2n) is 4.90. The van der Waals surface area contributed by atoms with E-state index < -0.39 is 0 Å². The zero-order chi connectivity index (χ0) is 14.3. The van der Waals surface area contributed by atoms with E-state index in [0.29, 0.717) is 6.04 Å². The van der Waals surface area contributed by atoms with E-state index >= 15 is 0 Å². The van der Waals surface area contributed by atoms with Gasteiger partial charge in [0.25, 0.3) is 0 Å². The molecule has 2 nitrogen and oxygen atoms in total. The van der Waals surface area contributed by atoms with E-state index in [1.807, 2.05) is 19.9 Å². The predicted octanol–water partition coefficient (Wildman–Crippen LogP) is 4.51. The fourth-order valence-corrected chi connectivity index (χ4v) is 2.90. The maximum absolute atomic E-state index is 4.28. The van der Waals surface area contributed by atoms with Crippen LogP contribution in [0.25, 0.3) is 0 Å². The summed E-state index contributed by atoms with van der Waals surface area (Å²) >= 11 is 0. The number of aliphatic imine (C=N–C) groups is 1. The van der Waals surface area contributed by atoms with Crippen LogP contribution in [0.5, 0.6) is 0 Å². The van der Waals surface area contributed by atoms with Gasteiger partial charge in [0.15, 0.2) is 0 Å². The summed E-state index contributed by atoms with van der Waals surface area (Å²) in [6.07, 6.45) is 9.29. The Morgan fingerprint density at radius 1 is 1.25 bits per heavy atom. The number of hydrogen-bond acceptors (Lipinski definition) is 2. The first-order chi connectivity index (χ1) is 9.27. The molecule has 0 N–H and O–H groups in total. The lowest BCUT2D eigenvalue weighted by atomic mass is 9.90. The fraction of sp³-hybridized carbons (Fsp3) is 0.588. The lowest BCUT2D eigenvalue weighted by Crippen LogP contribution is -2.41. The van der Waals surface area contributed by atoms with Crippen LogP contribution in [0.3, 0.4) is 0 Å². The molecule has 1 unspecified atom stereocenters. The molecule has 0 aromatic heterocycles. The molecule has 0 bridgehead atoms. The van der Waals surface area contributed by atoms with E-state index in [1.54, 1.807) is 0 Å². The van der Waals surface area contributed by atoms with Crippen molar-refractivity contribution in [2.75, 3.05) is 13.1 Å². The van der Waals surface area contributed by atoms with E-state index in [9.17, 15) is 0 Å². The van der Waals surface area contributed by atoms with Crippen LogP contribution in [-0.4, -0.2) is 30.7 Å². The topological polar surface area (TPSA) is 15.6 Å². The summed E-state index contributed by atoms with van der Waals surface area (Å²) in [4.78, 5) is 6.84. The molecule has 1 fully saturated rings. The Bertz CT molecular complexity index is 376. The standard InChI is InChI=1S/C15H22N2.C2H6.FH/c1-4-13-12(2)8-9-14(15(13)16-3)17-10-6-5-7-11-17;1-2;/h4,8,14H,1,3,5-7,9-11H2,2H3;1-2H3;1H. The van der Waals surface area contributed by atoms with Crippen molar-refractivity contribution >= 4 is 6.72 Å². The molecule has 0 spiro atoms. The van der Waals surface area contributed by atoms with Crippen LogP contribution in [0.2, 0.25) is 0 Å². The molecule has 1 saturated heterocycles. The minimum Gasteiger partial charge on any atom is -0.294 e. The molecule has 1 aliphatic carbocycles. The van der Waals surface area contributed by atoms with E-state index in [4.69, 9.17) is 0 Å². The van der Waals surface area contributed by atoms with E-state index in [2.05, 4.69) is 36.2 Å². The molecule has 114 valence electrons. The quantitative estimate of drug-likeness (QED) is 0.694. The average Bonchev–Trinajstić information content (AvgIpc) is 2.49. The predicted molar refractivity (Wildman–Crippen MR) is 88.2 cm³/mol. The molecule has 1 aliphatic heterocycles. The average molecular weight is 280 g/mol. The number of piperidine rings is 1. The SMILES string of the molecule is C=CC1=C(N=C)C(N2CCCCC2)CC=C1C.CC.F. The Morgan fingerprint density at radius 3 is 2.35 bits per heavy atom. The van der Waals surface area contributed by atoms with Gasteiger partial charge in [0, 0.05) is 0 Å². The highest BCUT2D eigenvalue weighted by Gasteiger charge is 2.27. The van der Waals surface area contributed by atoms with Crippen molar-refractivity contribution in [3.63, 3.8) is 0 Å². The molecule has 0 radical (unpaired) electrons. The van der Waals surface area contributed by atoms with E-state index in [0.717, 1.165) is 12.1 Å². The third-order valence-corrected chi connectivity index (χ3v) is 3.87. The summed E-state index contributed by atoms with van der Waals surface area (Å²) in [7, 11) is 0. The largest absolute Gasteiger partial charge is 0.294 e. The lowest BCUT2D eigenvalue weighted by molar-refractivity contribution is 0.182. The number of hydrogen-bond donors (Lipinski definition) is 0. The fourth-order valence-electron chi connectivity index (χ4n) is 2.90. The van der Waals surface area contributed by atoms with Gasteiger partial charge in [-0.05, 0) is 57.1 Å². The highest BCUT2D eigenvalue weighted by Crippen LogP contribution is 2.31. The molecular weight excluding hydrogens is 251 g/mol. The number of nitrogens with zero attached hydrogens (tertiary/aromatic N) is 2. The second kappa shape index (κ2) is 9.65. The van der Waals surface area contributed by atoms with Crippen LogP contribution < -0.4 is 0 Å².